The molecule has 0 amide bonds. The average molecular weight is 781 g/mol. The Balaban J connectivity index is 1.59. The molecular formula is C48H52N4O6. The molecule has 58 heavy (non-hydrogen) atoms. The van der Waals surface area contributed by atoms with Gasteiger partial charge in [-0.3, -0.25) is 4.98 Å². The molecule has 7 rings (SSSR count). The molecule has 8 bridgehead atoms. The van der Waals surface area contributed by atoms with Crippen LogP contribution in [0.15, 0.2) is 72.8 Å². The monoisotopic (exact) mass is 780 g/mol. The lowest BCUT2D eigenvalue weighted by Gasteiger charge is -2.13. The molecular weight excluding hydrogens is 729 g/mol. The summed E-state index contributed by atoms with van der Waals surface area (Å²) in [6.07, 6.45) is 11.9. The van der Waals surface area contributed by atoms with Gasteiger partial charge in [-0.15, -0.1) is 0 Å². The number of ether oxygens (including phenoxy) is 2. The fourth-order valence-corrected chi connectivity index (χ4v) is 8.02. The summed E-state index contributed by atoms with van der Waals surface area (Å²) in [5, 5.41) is 24.0. The van der Waals surface area contributed by atoms with E-state index in [1.165, 1.54) is 14.2 Å². The summed E-state index contributed by atoms with van der Waals surface area (Å²) in [7, 11) is 2.68. The van der Waals surface area contributed by atoms with Gasteiger partial charge in [0.25, 0.3) is 0 Å². The number of nitrogens with zero attached hydrogens (tertiary/aromatic N) is 2. The largest absolute Gasteiger partial charge is 0.465 e. The van der Waals surface area contributed by atoms with Crippen LogP contribution < -0.4 is 0 Å². The van der Waals surface area contributed by atoms with E-state index in [0.717, 1.165) is 97.8 Å². The van der Waals surface area contributed by atoms with Crippen molar-refractivity contribution in [1.29, 1.82) is 0 Å². The lowest BCUT2D eigenvalue weighted by atomic mass is 9.96. The zero-order valence-corrected chi connectivity index (χ0v) is 33.7. The third-order valence-electron chi connectivity index (χ3n) is 11.2. The van der Waals surface area contributed by atoms with Crippen LogP contribution in [0.25, 0.3) is 56.5 Å². The summed E-state index contributed by atoms with van der Waals surface area (Å²) < 4.78 is 9.93. The van der Waals surface area contributed by atoms with Gasteiger partial charge in [-0.05, 0) is 97.5 Å². The van der Waals surface area contributed by atoms with E-state index in [9.17, 15) is 19.8 Å². The van der Waals surface area contributed by atoms with Crippen molar-refractivity contribution in [2.24, 2.45) is 0 Å². The number of methoxy groups -OCH3 is 2. The van der Waals surface area contributed by atoms with E-state index >= 15 is 0 Å². The van der Waals surface area contributed by atoms with E-state index in [1.54, 1.807) is 48.5 Å². The van der Waals surface area contributed by atoms with Crippen LogP contribution in [-0.2, 0) is 22.3 Å². The van der Waals surface area contributed by atoms with Gasteiger partial charge in [0.05, 0.1) is 48.1 Å². The SMILES string of the molecule is CCCCCCc1c2nc(c(CCCCCC)c3ccc([nH]3)c(-c3ccc(C(=O)OC)cc3)c3nc(c(-c4ccc(C(=O)OC)cc4)c4ccc1[nH]4)C(O)[C@@H]3O)C=C2. The highest BCUT2D eigenvalue weighted by Crippen LogP contribution is 2.43. The molecule has 5 heterocycles. The number of rotatable bonds is 14. The Kier molecular flexibility index (Phi) is 12.6. The van der Waals surface area contributed by atoms with E-state index < -0.39 is 24.1 Å². The first-order valence-electron chi connectivity index (χ1n) is 20.5. The zero-order valence-electron chi connectivity index (χ0n) is 33.7. The van der Waals surface area contributed by atoms with Crippen molar-refractivity contribution in [2.45, 2.75) is 90.3 Å². The summed E-state index contributed by atoms with van der Waals surface area (Å²) in [4.78, 5) is 42.6. The standard InChI is InChI=1S/C48H52N4O6/c1-5-7-9-11-13-33-35-23-24-36(49-35)34(14-12-10-8-6-2)38-26-28-40(51-38)42(30-17-21-32(22-18-30)48(56)58-4)44-46(54)45(53)43(52-44)41(39-27-25-37(33)50-39)29-15-19-31(20-16-29)47(55)57-3/h15-28,45-46,50-51,53-54H,5-14H2,1-4H3/t45-,46?/m1/s1. The third kappa shape index (κ3) is 8.26. The number of aromatic nitrogens is 4. The number of fused-ring (bicyclic) bond motifs is 8. The van der Waals surface area contributed by atoms with E-state index in [0.29, 0.717) is 44.4 Å². The number of aliphatic hydroxyl groups is 2. The quantitative estimate of drug-likeness (QED) is 0.0630. The number of aliphatic hydroxyl groups excluding tert-OH is 2. The molecule has 4 N–H and O–H groups in total. The summed E-state index contributed by atoms with van der Waals surface area (Å²) in [6.45, 7) is 4.42. The number of hydrogen-bond donors (Lipinski definition) is 4. The minimum absolute atomic E-state index is 0.269. The number of aromatic amines is 2. The Hall–Kier alpha value is -5.84. The molecule has 1 unspecified atom stereocenters. The number of unbranched alkanes of at least 4 members (excludes halogenated alkanes) is 6. The fraction of sp³-hybridized carbons (Fsp3) is 0.333. The second-order valence-corrected chi connectivity index (χ2v) is 15.0. The number of hydrogen-bond acceptors (Lipinski definition) is 8. The molecule has 0 aliphatic carbocycles. The Bertz CT molecular complexity index is 2310. The Labute approximate surface area is 339 Å². The average Bonchev–Trinajstić information content (AvgIpc) is 4.08. The normalized spacial score (nSPS) is 14.8. The van der Waals surface area contributed by atoms with E-state index in [1.807, 2.05) is 12.1 Å². The van der Waals surface area contributed by atoms with Crippen molar-refractivity contribution in [3.05, 3.63) is 118 Å². The van der Waals surface area contributed by atoms with Crippen LogP contribution in [-0.4, -0.2) is 56.3 Å². The second-order valence-electron chi connectivity index (χ2n) is 15.0. The predicted molar refractivity (Wildman–Crippen MR) is 229 cm³/mol. The number of esters is 2. The van der Waals surface area contributed by atoms with Gasteiger partial charge in [-0.25, -0.2) is 14.6 Å². The Morgan fingerprint density at radius 2 is 0.948 bits per heavy atom. The van der Waals surface area contributed by atoms with E-state index in [2.05, 4.69) is 48.1 Å². The first kappa shape index (κ1) is 40.4. The molecule has 3 aromatic heterocycles. The van der Waals surface area contributed by atoms with Gasteiger partial charge in [0.15, 0.2) is 0 Å². The summed E-state index contributed by atoms with van der Waals surface area (Å²) in [5.74, 6) is -0.928. The smallest absolute Gasteiger partial charge is 0.337 e. The minimum atomic E-state index is -1.40. The molecule has 300 valence electrons. The van der Waals surface area contributed by atoms with Crippen molar-refractivity contribution >= 4 is 46.2 Å². The van der Waals surface area contributed by atoms with Gasteiger partial charge in [0.2, 0.25) is 0 Å². The molecule has 5 aromatic rings. The van der Waals surface area contributed by atoms with Crippen molar-refractivity contribution < 1.29 is 29.3 Å². The van der Waals surface area contributed by atoms with Crippen molar-refractivity contribution in [3.8, 4) is 22.3 Å². The Morgan fingerprint density at radius 3 is 1.33 bits per heavy atom. The highest BCUT2D eigenvalue weighted by molar-refractivity contribution is 5.93. The van der Waals surface area contributed by atoms with Crippen LogP contribution in [0.1, 0.15) is 132 Å². The topological polar surface area (TPSA) is 150 Å². The second kappa shape index (κ2) is 18.2. The van der Waals surface area contributed by atoms with Gasteiger partial charge in [0.1, 0.15) is 12.2 Å². The predicted octanol–water partition coefficient (Wildman–Crippen LogP) is 10.4. The molecule has 10 heteroatoms. The van der Waals surface area contributed by atoms with Gasteiger partial charge >= 0.3 is 11.9 Å². The van der Waals surface area contributed by atoms with Crippen LogP contribution in [0.2, 0.25) is 0 Å². The number of benzene rings is 2. The molecule has 10 nitrogen and oxygen atoms in total. The molecule has 0 radical (unpaired) electrons. The van der Waals surface area contributed by atoms with Gasteiger partial charge in [-0.2, -0.15) is 0 Å². The maximum Gasteiger partial charge on any atom is 0.337 e. The van der Waals surface area contributed by atoms with Crippen LogP contribution in [0.5, 0.6) is 0 Å². The van der Waals surface area contributed by atoms with Gasteiger partial charge < -0.3 is 29.7 Å². The minimum Gasteiger partial charge on any atom is -0.465 e. The van der Waals surface area contributed by atoms with Gasteiger partial charge in [-0.1, -0.05) is 76.6 Å². The third-order valence-corrected chi connectivity index (χ3v) is 11.2. The van der Waals surface area contributed by atoms with Gasteiger partial charge in [0, 0.05) is 44.3 Å². The fourth-order valence-electron chi connectivity index (χ4n) is 8.02. The summed E-state index contributed by atoms with van der Waals surface area (Å²) in [6, 6.07) is 22.0. The number of carbonyl (C=O) groups is 2. The lowest BCUT2D eigenvalue weighted by Crippen LogP contribution is -2.06. The molecule has 2 aliphatic rings. The number of carbonyl (C=O) groups excluding carboxylic acids is 2. The summed E-state index contributed by atoms with van der Waals surface area (Å²) >= 11 is 0. The molecule has 0 saturated heterocycles. The number of nitrogens with one attached hydrogen (secondary N) is 2. The molecule has 2 aromatic carbocycles. The van der Waals surface area contributed by atoms with Crippen LogP contribution >= 0.6 is 0 Å². The van der Waals surface area contributed by atoms with Crippen LogP contribution in [0, 0.1) is 0 Å². The highest BCUT2D eigenvalue weighted by atomic mass is 16.5. The number of aryl methyl sites for hydroxylation is 2. The molecule has 2 aliphatic heterocycles. The van der Waals surface area contributed by atoms with Crippen molar-refractivity contribution in [3.63, 3.8) is 0 Å². The zero-order chi connectivity index (χ0) is 40.8. The molecule has 0 fully saturated rings. The first-order valence-corrected chi connectivity index (χ1v) is 20.5. The number of H-pyrrole nitrogens is 2. The molecule has 2 atom stereocenters. The highest BCUT2D eigenvalue weighted by Gasteiger charge is 2.34. The maximum atomic E-state index is 12.4. The first-order chi connectivity index (χ1) is 28.3. The van der Waals surface area contributed by atoms with E-state index in [-0.39, 0.29) is 11.4 Å². The molecule has 0 saturated carbocycles. The van der Waals surface area contributed by atoms with Crippen molar-refractivity contribution in [2.75, 3.05) is 14.2 Å². The van der Waals surface area contributed by atoms with Crippen LogP contribution in [0.3, 0.4) is 0 Å². The van der Waals surface area contributed by atoms with Crippen molar-refractivity contribution in [1.82, 2.24) is 19.9 Å². The van der Waals surface area contributed by atoms with Crippen LogP contribution in [0.4, 0.5) is 0 Å². The lowest BCUT2D eigenvalue weighted by molar-refractivity contribution is 0.0260. The van der Waals surface area contributed by atoms with E-state index in [4.69, 9.17) is 19.4 Å². The summed E-state index contributed by atoms with van der Waals surface area (Å²) in [5.41, 5.74) is 11.0. The molecule has 0 spiro atoms. The Morgan fingerprint density at radius 1 is 0.552 bits per heavy atom. The maximum absolute atomic E-state index is 12.4.